The molecule has 2 aromatic carbocycles. The fourth-order valence-corrected chi connectivity index (χ4v) is 2.36. The molecule has 17 heavy (non-hydrogen) atoms. The molecule has 2 rings (SSSR count). The van der Waals surface area contributed by atoms with Crippen LogP contribution in [0.5, 0.6) is 0 Å². The van der Waals surface area contributed by atoms with E-state index in [4.69, 9.17) is 11.6 Å². The van der Waals surface area contributed by atoms with Crippen LogP contribution < -0.4 is 0 Å². The summed E-state index contributed by atoms with van der Waals surface area (Å²) in [5.41, 5.74) is 0.705. The fraction of sp³-hybridized carbons (Fsp3) is 0.0769. The lowest BCUT2D eigenvalue weighted by Crippen LogP contribution is -2.03. The number of benzene rings is 2. The van der Waals surface area contributed by atoms with Crippen molar-refractivity contribution in [2.45, 2.75) is 6.10 Å². The van der Waals surface area contributed by atoms with Crippen LogP contribution in [0, 0.1) is 5.82 Å². The van der Waals surface area contributed by atoms with Crippen LogP contribution in [0.25, 0.3) is 0 Å². The molecule has 1 unspecified atom stereocenters. The van der Waals surface area contributed by atoms with E-state index in [1.54, 1.807) is 36.4 Å². The average Bonchev–Trinajstić information content (AvgIpc) is 2.29. The molecule has 1 N–H and O–H groups in total. The van der Waals surface area contributed by atoms with Crippen molar-refractivity contribution in [3.63, 3.8) is 0 Å². The van der Waals surface area contributed by atoms with Crippen LogP contribution in [0.3, 0.4) is 0 Å². The third-order valence-corrected chi connectivity index (χ3v) is 3.28. The molecule has 0 aromatic heterocycles. The SMILES string of the molecule is OC(c1ccccc1F)c1ccc(Br)cc1Cl. The van der Waals surface area contributed by atoms with E-state index in [1.165, 1.54) is 6.07 Å². The zero-order chi connectivity index (χ0) is 12.4. The highest BCUT2D eigenvalue weighted by atomic mass is 79.9. The topological polar surface area (TPSA) is 20.2 Å². The average molecular weight is 316 g/mol. The van der Waals surface area contributed by atoms with Crippen molar-refractivity contribution in [2.75, 3.05) is 0 Å². The van der Waals surface area contributed by atoms with E-state index >= 15 is 0 Å². The highest BCUT2D eigenvalue weighted by molar-refractivity contribution is 9.10. The van der Waals surface area contributed by atoms with E-state index in [1.807, 2.05) is 0 Å². The van der Waals surface area contributed by atoms with E-state index in [-0.39, 0.29) is 5.56 Å². The van der Waals surface area contributed by atoms with Crippen molar-refractivity contribution in [1.29, 1.82) is 0 Å². The predicted molar refractivity (Wildman–Crippen MR) is 69.6 cm³/mol. The first-order valence-corrected chi connectivity index (χ1v) is 6.14. The van der Waals surface area contributed by atoms with Gasteiger partial charge in [0.25, 0.3) is 0 Å². The first-order valence-electron chi connectivity index (χ1n) is 4.97. The molecule has 0 radical (unpaired) electrons. The Kier molecular flexibility index (Phi) is 3.82. The van der Waals surface area contributed by atoms with Gasteiger partial charge in [-0.15, -0.1) is 0 Å². The van der Waals surface area contributed by atoms with Crippen molar-refractivity contribution in [2.24, 2.45) is 0 Å². The van der Waals surface area contributed by atoms with Gasteiger partial charge in [-0.2, -0.15) is 0 Å². The quantitative estimate of drug-likeness (QED) is 0.875. The zero-order valence-corrected chi connectivity index (χ0v) is 11.0. The van der Waals surface area contributed by atoms with Crippen molar-refractivity contribution in [3.05, 3.63) is 68.9 Å². The Morgan fingerprint density at radius 2 is 1.82 bits per heavy atom. The Morgan fingerprint density at radius 1 is 1.12 bits per heavy atom. The van der Waals surface area contributed by atoms with Crippen LogP contribution in [0.15, 0.2) is 46.9 Å². The first kappa shape index (κ1) is 12.6. The van der Waals surface area contributed by atoms with E-state index in [9.17, 15) is 9.50 Å². The molecule has 4 heteroatoms. The summed E-state index contributed by atoms with van der Waals surface area (Å²) < 4.78 is 14.3. The molecule has 0 heterocycles. The Balaban J connectivity index is 2.44. The van der Waals surface area contributed by atoms with Crippen LogP contribution in [0.4, 0.5) is 4.39 Å². The molecule has 0 spiro atoms. The predicted octanol–water partition coefficient (Wildman–Crippen LogP) is 4.32. The van der Waals surface area contributed by atoms with Gasteiger partial charge >= 0.3 is 0 Å². The molecule has 1 nitrogen and oxygen atoms in total. The minimum atomic E-state index is -1.06. The number of rotatable bonds is 2. The molecule has 0 aliphatic heterocycles. The van der Waals surface area contributed by atoms with Crippen molar-refractivity contribution in [3.8, 4) is 0 Å². The summed E-state index contributed by atoms with van der Waals surface area (Å²) in [6, 6.07) is 11.2. The number of hydrogen-bond acceptors (Lipinski definition) is 1. The van der Waals surface area contributed by atoms with Gasteiger partial charge in [0.15, 0.2) is 0 Å². The van der Waals surface area contributed by atoms with Gasteiger partial charge in [-0.25, -0.2) is 4.39 Å². The maximum absolute atomic E-state index is 13.5. The second-order valence-corrected chi connectivity index (χ2v) is 4.91. The van der Waals surface area contributed by atoms with Crippen LogP contribution in [0.2, 0.25) is 5.02 Å². The number of halogens is 3. The Morgan fingerprint density at radius 3 is 2.47 bits per heavy atom. The molecule has 88 valence electrons. The molecular formula is C13H9BrClFO. The van der Waals surface area contributed by atoms with Gasteiger partial charge in [0, 0.05) is 20.6 Å². The zero-order valence-electron chi connectivity index (χ0n) is 8.70. The molecule has 0 aliphatic carbocycles. The molecular weight excluding hydrogens is 306 g/mol. The molecule has 0 fully saturated rings. The standard InChI is InChI=1S/C13H9BrClFO/c14-8-5-6-9(11(15)7-8)13(17)10-3-1-2-4-12(10)16/h1-7,13,17H. The van der Waals surface area contributed by atoms with E-state index in [0.717, 1.165) is 4.47 Å². The van der Waals surface area contributed by atoms with E-state index in [2.05, 4.69) is 15.9 Å². The van der Waals surface area contributed by atoms with Gasteiger partial charge < -0.3 is 5.11 Å². The summed E-state index contributed by atoms with van der Waals surface area (Å²) in [6.45, 7) is 0. The maximum atomic E-state index is 13.5. The molecule has 0 bridgehead atoms. The van der Waals surface area contributed by atoms with Crippen molar-refractivity contribution < 1.29 is 9.50 Å². The second kappa shape index (κ2) is 5.17. The molecule has 2 aromatic rings. The van der Waals surface area contributed by atoms with Crippen LogP contribution in [-0.2, 0) is 0 Å². The first-order chi connectivity index (χ1) is 8.09. The smallest absolute Gasteiger partial charge is 0.129 e. The fourth-order valence-electron chi connectivity index (χ4n) is 1.59. The lowest BCUT2D eigenvalue weighted by Gasteiger charge is -2.14. The van der Waals surface area contributed by atoms with Gasteiger partial charge in [-0.3, -0.25) is 0 Å². The number of hydrogen-bond donors (Lipinski definition) is 1. The largest absolute Gasteiger partial charge is 0.383 e. The van der Waals surface area contributed by atoms with Crippen LogP contribution >= 0.6 is 27.5 Å². The minimum Gasteiger partial charge on any atom is -0.383 e. The summed E-state index contributed by atoms with van der Waals surface area (Å²) in [7, 11) is 0. The van der Waals surface area contributed by atoms with Gasteiger partial charge in [0.05, 0.1) is 0 Å². The number of aliphatic hydroxyl groups is 1. The normalized spacial score (nSPS) is 12.5. The summed E-state index contributed by atoms with van der Waals surface area (Å²) >= 11 is 9.29. The third-order valence-electron chi connectivity index (χ3n) is 2.46. The molecule has 1 atom stereocenters. The minimum absolute atomic E-state index is 0.219. The number of aliphatic hydroxyl groups excluding tert-OH is 1. The summed E-state index contributed by atoms with van der Waals surface area (Å²) in [6.07, 6.45) is -1.06. The summed E-state index contributed by atoms with van der Waals surface area (Å²) in [4.78, 5) is 0. The monoisotopic (exact) mass is 314 g/mol. The summed E-state index contributed by atoms with van der Waals surface area (Å²) in [5, 5.41) is 10.5. The molecule has 0 amide bonds. The highest BCUT2D eigenvalue weighted by Gasteiger charge is 2.17. The Hall–Kier alpha value is -0.900. The summed E-state index contributed by atoms with van der Waals surface area (Å²) in [5.74, 6) is -0.445. The second-order valence-electron chi connectivity index (χ2n) is 3.59. The lowest BCUT2D eigenvalue weighted by atomic mass is 10.0. The van der Waals surface area contributed by atoms with Crippen LogP contribution in [-0.4, -0.2) is 5.11 Å². The Labute approximate surface area is 112 Å². The Bertz CT molecular complexity index is 545. The van der Waals surface area contributed by atoms with Gasteiger partial charge in [0.1, 0.15) is 11.9 Å². The van der Waals surface area contributed by atoms with Crippen molar-refractivity contribution >= 4 is 27.5 Å². The van der Waals surface area contributed by atoms with E-state index < -0.39 is 11.9 Å². The molecule has 0 saturated carbocycles. The van der Waals surface area contributed by atoms with Gasteiger partial charge in [-0.05, 0) is 18.2 Å². The lowest BCUT2D eigenvalue weighted by molar-refractivity contribution is 0.215. The third kappa shape index (κ3) is 2.68. The maximum Gasteiger partial charge on any atom is 0.129 e. The van der Waals surface area contributed by atoms with Gasteiger partial charge in [-0.1, -0.05) is 51.8 Å². The molecule has 0 aliphatic rings. The van der Waals surface area contributed by atoms with E-state index in [0.29, 0.717) is 10.6 Å². The van der Waals surface area contributed by atoms with Crippen molar-refractivity contribution in [1.82, 2.24) is 0 Å². The highest BCUT2D eigenvalue weighted by Crippen LogP contribution is 2.31. The van der Waals surface area contributed by atoms with Crippen LogP contribution in [0.1, 0.15) is 17.2 Å². The van der Waals surface area contributed by atoms with Gasteiger partial charge in [0.2, 0.25) is 0 Å². The molecule has 0 saturated heterocycles.